The molecule has 0 spiro atoms. The van der Waals surface area contributed by atoms with Crippen LogP contribution in [0.3, 0.4) is 0 Å². The Bertz CT molecular complexity index is 1170. The number of hydrogen-bond donors (Lipinski definition) is 1. The molecule has 0 aliphatic rings. The number of rotatable bonds is 5. The molecular weight excluding hydrogens is 366 g/mol. The summed E-state index contributed by atoms with van der Waals surface area (Å²) in [6, 6.07) is 22.7. The van der Waals surface area contributed by atoms with E-state index in [0.29, 0.717) is 17.3 Å². The Labute approximate surface area is 168 Å². The number of hydrogen-bond acceptors (Lipinski definition) is 5. The van der Waals surface area contributed by atoms with Crippen LogP contribution in [0.5, 0.6) is 17.4 Å². The number of methoxy groups -OCH3 is 1. The number of aromatic nitrogens is 2. The Balaban J connectivity index is 1.73. The number of carbonyl (C=O) groups is 1. The predicted octanol–water partition coefficient (Wildman–Crippen LogP) is 5.06. The van der Waals surface area contributed by atoms with E-state index in [2.05, 4.69) is 15.5 Å². The average molecular weight is 385 g/mol. The molecule has 1 amide bonds. The zero-order valence-corrected chi connectivity index (χ0v) is 16.0. The molecule has 1 heterocycles. The Morgan fingerprint density at radius 3 is 2.34 bits per heavy atom. The highest BCUT2D eigenvalue weighted by Gasteiger charge is 2.13. The molecule has 6 nitrogen and oxygen atoms in total. The molecule has 0 unspecified atom stereocenters. The number of carbonyl (C=O) groups excluding carboxylic acids is 1. The van der Waals surface area contributed by atoms with Crippen LogP contribution < -0.4 is 14.8 Å². The van der Waals surface area contributed by atoms with Gasteiger partial charge in [-0.3, -0.25) is 4.79 Å². The molecule has 3 aromatic carbocycles. The van der Waals surface area contributed by atoms with E-state index in [1.54, 1.807) is 25.3 Å². The summed E-state index contributed by atoms with van der Waals surface area (Å²) in [4.78, 5) is 11.3. The highest BCUT2D eigenvalue weighted by Crippen LogP contribution is 2.34. The maximum absolute atomic E-state index is 11.3. The largest absolute Gasteiger partial charge is 0.497 e. The molecule has 1 aromatic heterocycles. The molecule has 0 fully saturated rings. The van der Waals surface area contributed by atoms with E-state index in [9.17, 15) is 4.79 Å². The lowest BCUT2D eigenvalue weighted by atomic mass is 10.0. The summed E-state index contributed by atoms with van der Waals surface area (Å²) in [5.41, 5.74) is 2.36. The van der Waals surface area contributed by atoms with E-state index in [1.807, 2.05) is 54.6 Å². The third-order valence-electron chi connectivity index (χ3n) is 4.39. The summed E-state index contributed by atoms with van der Waals surface area (Å²) in [6.07, 6.45) is 0. The lowest BCUT2D eigenvalue weighted by Crippen LogP contribution is -2.05. The van der Waals surface area contributed by atoms with Gasteiger partial charge in [0.2, 0.25) is 11.8 Å². The molecule has 1 N–H and O–H groups in total. The number of fused-ring (bicyclic) bond motifs is 1. The normalized spacial score (nSPS) is 10.6. The van der Waals surface area contributed by atoms with Gasteiger partial charge in [-0.25, -0.2) is 0 Å². The van der Waals surface area contributed by atoms with Crippen molar-refractivity contribution in [2.24, 2.45) is 0 Å². The minimum Gasteiger partial charge on any atom is -0.497 e. The Morgan fingerprint density at radius 1 is 0.862 bits per heavy atom. The number of nitrogens with zero attached hydrogens (tertiary/aromatic N) is 2. The monoisotopic (exact) mass is 385 g/mol. The third-order valence-corrected chi connectivity index (χ3v) is 4.39. The zero-order chi connectivity index (χ0) is 20.2. The van der Waals surface area contributed by atoms with Crippen LogP contribution in [0, 0.1) is 0 Å². The van der Waals surface area contributed by atoms with E-state index >= 15 is 0 Å². The summed E-state index contributed by atoms with van der Waals surface area (Å²) < 4.78 is 11.2. The van der Waals surface area contributed by atoms with Crippen LogP contribution in [0.4, 0.5) is 5.69 Å². The minimum absolute atomic E-state index is 0.142. The topological polar surface area (TPSA) is 73.3 Å². The smallest absolute Gasteiger partial charge is 0.246 e. The highest BCUT2D eigenvalue weighted by atomic mass is 16.5. The standard InChI is InChI=1S/C23H19N3O3/c1-15(27)24-17-6-5-7-19(14-17)29-23-21-9-4-3-8-20(21)22(25-26-23)16-10-12-18(28-2)13-11-16/h3-14H,1-2H3,(H,24,27). The van der Waals surface area contributed by atoms with Crippen LogP contribution in [-0.4, -0.2) is 23.2 Å². The SMILES string of the molecule is COc1ccc(-c2nnc(Oc3cccc(NC(C)=O)c3)c3ccccc23)cc1. The van der Waals surface area contributed by atoms with Crippen LogP contribution in [0.15, 0.2) is 72.8 Å². The lowest BCUT2D eigenvalue weighted by Gasteiger charge is -2.11. The molecule has 0 saturated heterocycles. The summed E-state index contributed by atoms with van der Waals surface area (Å²) in [5.74, 6) is 1.60. The number of ether oxygens (including phenoxy) is 2. The second-order valence-corrected chi connectivity index (χ2v) is 6.44. The molecule has 0 radical (unpaired) electrons. The van der Waals surface area contributed by atoms with Gasteiger partial charge >= 0.3 is 0 Å². The molecule has 4 aromatic rings. The van der Waals surface area contributed by atoms with Gasteiger partial charge in [-0.15, -0.1) is 10.2 Å². The second-order valence-electron chi connectivity index (χ2n) is 6.44. The molecule has 144 valence electrons. The lowest BCUT2D eigenvalue weighted by molar-refractivity contribution is -0.114. The first-order valence-corrected chi connectivity index (χ1v) is 9.09. The van der Waals surface area contributed by atoms with Gasteiger partial charge in [-0.2, -0.15) is 0 Å². The number of benzene rings is 3. The molecule has 4 rings (SSSR count). The van der Waals surface area contributed by atoms with Crippen molar-refractivity contribution in [1.82, 2.24) is 10.2 Å². The van der Waals surface area contributed by atoms with Crippen LogP contribution in [-0.2, 0) is 4.79 Å². The van der Waals surface area contributed by atoms with Crippen molar-refractivity contribution in [1.29, 1.82) is 0 Å². The van der Waals surface area contributed by atoms with Crippen molar-refractivity contribution in [2.75, 3.05) is 12.4 Å². The Hall–Kier alpha value is -3.93. The number of nitrogens with one attached hydrogen (secondary N) is 1. The fraction of sp³-hybridized carbons (Fsp3) is 0.0870. The van der Waals surface area contributed by atoms with Gasteiger partial charge in [0.25, 0.3) is 0 Å². The fourth-order valence-electron chi connectivity index (χ4n) is 3.07. The molecule has 0 aliphatic carbocycles. The van der Waals surface area contributed by atoms with Gasteiger partial charge in [-0.05, 0) is 42.5 Å². The van der Waals surface area contributed by atoms with Gasteiger partial charge in [0.05, 0.1) is 7.11 Å². The van der Waals surface area contributed by atoms with Crippen LogP contribution in [0.1, 0.15) is 6.92 Å². The summed E-state index contributed by atoms with van der Waals surface area (Å²) in [7, 11) is 1.64. The molecule has 29 heavy (non-hydrogen) atoms. The molecule has 0 bridgehead atoms. The van der Waals surface area contributed by atoms with Gasteiger partial charge < -0.3 is 14.8 Å². The Morgan fingerprint density at radius 2 is 1.62 bits per heavy atom. The number of amides is 1. The van der Waals surface area contributed by atoms with Crippen LogP contribution in [0.2, 0.25) is 0 Å². The molecule has 0 atom stereocenters. The van der Waals surface area contributed by atoms with Gasteiger partial charge in [0.1, 0.15) is 17.2 Å². The van der Waals surface area contributed by atoms with Gasteiger partial charge in [-0.1, -0.05) is 24.3 Å². The predicted molar refractivity (Wildman–Crippen MR) is 112 cm³/mol. The van der Waals surface area contributed by atoms with Crippen molar-refractivity contribution in [3.8, 4) is 28.6 Å². The van der Waals surface area contributed by atoms with E-state index in [-0.39, 0.29) is 5.91 Å². The van der Waals surface area contributed by atoms with E-state index in [4.69, 9.17) is 9.47 Å². The van der Waals surface area contributed by atoms with Gasteiger partial charge in [0, 0.05) is 35.0 Å². The summed E-state index contributed by atoms with van der Waals surface area (Å²) in [5, 5.41) is 13.3. The first-order valence-electron chi connectivity index (χ1n) is 9.09. The van der Waals surface area contributed by atoms with E-state index in [1.165, 1.54) is 6.92 Å². The van der Waals surface area contributed by atoms with Crippen molar-refractivity contribution in [3.05, 3.63) is 72.8 Å². The molecule has 6 heteroatoms. The second kappa shape index (κ2) is 7.98. The van der Waals surface area contributed by atoms with Crippen molar-refractivity contribution in [2.45, 2.75) is 6.92 Å². The first-order chi connectivity index (χ1) is 14.1. The highest BCUT2D eigenvalue weighted by molar-refractivity contribution is 5.97. The fourth-order valence-corrected chi connectivity index (χ4v) is 3.07. The van der Waals surface area contributed by atoms with E-state index < -0.39 is 0 Å². The molecule has 0 aliphatic heterocycles. The van der Waals surface area contributed by atoms with Crippen LogP contribution >= 0.6 is 0 Å². The summed E-state index contributed by atoms with van der Waals surface area (Å²) >= 11 is 0. The third kappa shape index (κ3) is 4.01. The average Bonchev–Trinajstić information content (AvgIpc) is 2.74. The van der Waals surface area contributed by atoms with Crippen molar-refractivity contribution < 1.29 is 14.3 Å². The first kappa shape index (κ1) is 18.4. The minimum atomic E-state index is -0.142. The summed E-state index contributed by atoms with van der Waals surface area (Å²) in [6.45, 7) is 1.46. The zero-order valence-electron chi connectivity index (χ0n) is 16.0. The Kier molecular flexibility index (Phi) is 5.07. The maximum atomic E-state index is 11.3. The van der Waals surface area contributed by atoms with Crippen molar-refractivity contribution >= 4 is 22.4 Å². The quantitative estimate of drug-likeness (QED) is 0.520. The van der Waals surface area contributed by atoms with Crippen molar-refractivity contribution in [3.63, 3.8) is 0 Å². The maximum Gasteiger partial charge on any atom is 0.246 e. The van der Waals surface area contributed by atoms with Crippen LogP contribution in [0.25, 0.3) is 22.0 Å². The molecule has 0 saturated carbocycles. The number of anilines is 1. The molecular formula is C23H19N3O3. The van der Waals surface area contributed by atoms with Gasteiger partial charge in [0.15, 0.2) is 0 Å². The van der Waals surface area contributed by atoms with E-state index in [0.717, 1.165) is 27.8 Å².